The van der Waals surface area contributed by atoms with Crippen molar-refractivity contribution in [1.29, 1.82) is 0 Å². The number of hydrogen-bond donors (Lipinski definition) is 0. The van der Waals surface area contributed by atoms with E-state index >= 15 is 0 Å². The van der Waals surface area contributed by atoms with Gasteiger partial charge in [0.15, 0.2) is 5.78 Å². The van der Waals surface area contributed by atoms with Gasteiger partial charge < -0.3 is 4.74 Å². The van der Waals surface area contributed by atoms with Crippen molar-refractivity contribution in [3.63, 3.8) is 0 Å². The van der Waals surface area contributed by atoms with Gasteiger partial charge in [-0.15, -0.1) is 0 Å². The summed E-state index contributed by atoms with van der Waals surface area (Å²) in [5.41, 5.74) is 0.815. The van der Waals surface area contributed by atoms with Crippen LogP contribution in [0.2, 0.25) is 0 Å². The van der Waals surface area contributed by atoms with Gasteiger partial charge in [0.2, 0.25) is 0 Å². The van der Waals surface area contributed by atoms with E-state index in [4.69, 9.17) is 4.74 Å². The Labute approximate surface area is 109 Å². The first-order chi connectivity index (χ1) is 9.06. The number of Topliss-reactive ketones (excluding diaryl/α,β-unsaturated/α-hetero) is 1. The summed E-state index contributed by atoms with van der Waals surface area (Å²) in [5, 5.41) is 0. The Balaban J connectivity index is 2.17. The smallest absolute Gasteiger partial charge is 0.163 e. The lowest BCUT2D eigenvalue weighted by molar-refractivity contribution is 0.101. The van der Waals surface area contributed by atoms with Crippen molar-refractivity contribution in [2.75, 3.05) is 0 Å². The summed E-state index contributed by atoms with van der Waals surface area (Å²) in [6.45, 7) is 1.45. The van der Waals surface area contributed by atoms with Crippen molar-refractivity contribution in [2.45, 2.75) is 13.5 Å². The first kappa shape index (κ1) is 13.2. The van der Waals surface area contributed by atoms with Gasteiger partial charge in [-0.2, -0.15) is 0 Å². The van der Waals surface area contributed by atoms with E-state index in [1.807, 2.05) is 0 Å². The molecule has 0 heterocycles. The van der Waals surface area contributed by atoms with E-state index in [1.54, 1.807) is 12.1 Å². The summed E-state index contributed by atoms with van der Waals surface area (Å²) in [5.74, 6) is -0.845. The number of carbonyl (C=O) groups is 1. The van der Waals surface area contributed by atoms with Gasteiger partial charge in [-0.1, -0.05) is 12.1 Å². The molecule has 4 heteroatoms. The molecule has 0 N–H and O–H groups in total. The SMILES string of the molecule is CC(=O)c1cc(F)ccc1OCc1cccc(F)c1. The minimum atomic E-state index is -0.497. The zero-order valence-corrected chi connectivity index (χ0v) is 10.3. The molecule has 0 bridgehead atoms. The molecule has 2 aromatic carbocycles. The molecule has 0 atom stereocenters. The van der Waals surface area contributed by atoms with Crippen LogP contribution in [0, 0.1) is 11.6 Å². The minimum Gasteiger partial charge on any atom is -0.488 e. The van der Waals surface area contributed by atoms with Gasteiger partial charge >= 0.3 is 0 Å². The van der Waals surface area contributed by atoms with Gasteiger partial charge in [-0.05, 0) is 42.8 Å². The molecular formula is C15H12F2O2. The third-order valence-corrected chi connectivity index (χ3v) is 2.60. The Morgan fingerprint density at radius 2 is 1.84 bits per heavy atom. The molecular weight excluding hydrogens is 250 g/mol. The second-order valence-corrected chi connectivity index (χ2v) is 4.12. The lowest BCUT2D eigenvalue weighted by Crippen LogP contribution is -2.02. The molecule has 2 rings (SSSR count). The zero-order valence-electron chi connectivity index (χ0n) is 10.3. The zero-order chi connectivity index (χ0) is 13.8. The van der Waals surface area contributed by atoms with E-state index in [0.717, 1.165) is 6.07 Å². The maximum absolute atomic E-state index is 13.1. The van der Waals surface area contributed by atoms with E-state index in [2.05, 4.69) is 0 Å². The Morgan fingerprint density at radius 3 is 2.53 bits per heavy atom. The molecule has 0 spiro atoms. The van der Waals surface area contributed by atoms with Crippen LogP contribution in [0.5, 0.6) is 5.75 Å². The Hall–Kier alpha value is -2.23. The highest BCUT2D eigenvalue weighted by Gasteiger charge is 2.10. The normalized spacial score (nSPS) is 10.3. The molecule has 2 nitrogen and oxygen atoms in total. The summed E-state index contributed by atoms with van der Waals surface area (Å²) in [6.07, 6.45) is 0. The summed E-state index contributed by atoms with van der Waals surface area (Å²) >= 11 is 0. The molecule has 0 aliphatic heterocycles. The van der Waals surface area contributed by atoms with Gasteiger partial charge in [0.25, 0.3) is 0 Å². The van der Waals surface area contributed by atoms with Crippen molar-refractivity contribution in [1.82, 2.24) is 0 Å². The Bertz CT molecular complexity index is 609. The van der Waals surface area contributed by atoms with Crippen LogP contribution >= 0.6 is 0 Å². The number of ether oxygens (including phenoxy) is 1. The molecule has 0 saturated carbocycles. The van der Waals surface area contributed by atoms with E-state index in [9.17, 15) is 13.6 Å². The van der Waals surface area contributed by atoms with Gasteiger partial charge in [-0.25, -0.2) is 8.78 Å². The summed E-state index contributed by atoms with van der Waals surface area (Å²) < 4.78 is 31.5. The average Bonchev–Trinajstić information content (AvgIpc) is 2.37. The van der Waals surface area contributed by atoms with Crippen LogP contribution in [0.25, 0.3) is 0 Å². The van der Waals surface area contributed by atoms with Crippen molar-refractivity contribution in [3.8, 4) is 5.75 Å². The molecule has 0 amide bonds. The molecule has 0 unspecified atom stereocenters. The number of carbonyl (C=O) groups excluding carboxylic acids is 1. The van der Waals surface area contributed by atoms with Crippen molar-refractivity contribution < 1.29 is 18.3 Å². The highest BCUT2D eigenvalue weighted by molar-refractivity contribution is 5.96. The Morgan fingerprint density at radius 1 is 1.11 bits per heavy atom. The molecule has 98 valence electrons. The summed E-state index contributed by atoms with van der Waals surface area (Å²) in [4.78, 5) is 11.4. The Kier molecular flexibility index (Phi) is 3.90. The lowest BCUT2D eigenvalue weighted by atomic mass is 10.1. The van der Waals surface area contributed by atoms with E-state index < -0.39 is 5.82 Å². The van der Waals surface area contributed by atoms with Crippen LogP contribution in [0.15, 0.2) is 42.5 Å². The fraction of sp³-hybridized carbons (Fsp3) is 0.133. The monoisotopic (exact) mass is 262 g/mol. The fourth-order valence-corrected chi connectivity index (χ4v) is 1.69. The lowest BCUT2D eigenvalue weighted by Gasteiger charge is -2.10. The largest absolute Gasteiger partial charge is 0.488 e. The molecule has 0 saturated heterocycles. The second kappa shape index (κ2) is 5.61. The molecule has 2 aromatic rings. The summed E-state index contributed by atoms with van der Waals surface area (Å²) in [7, 11) is 0. The molecule has 0 aromatic heterocycles. The molecule has 0 aliphatic rings. The predicted molar refractivity (Wildman–Crippen MR) is 67.1 cm³/mol. The van der Waals surface area contributed by atoms with Crippen LogP contribution in [0.3, 0.4) is 0 Å². The third-order valence-electron chi connectivity index (χ3n) is 2.60. The minimum absolute atomic E-state index is 0.115. The van der Waals surface area contributed by atoms with Crippen LogP contribution in [0.4, 0.5) is 8.78 Å². The van der Waals surface area contributed by atoms with Crippen LogP contribution in [0.1, 0.15) is 22.8 Å². The first-order valence-corrected chi connectivity index (χ1v) is 5.74. The van der Waals surface area contributed by atoms with Gasteiger partial charge in [-0.3, -0.25) is 4.79 Å². The number of rotatable bonds is 4. The third kappa shape index (κ3) is 3.37. The van der Waals surface area contributed by atoms with E-state index in [0.29, 0.717) is 5.56 Å². The van der Waals surface area contributed by atoms with Crippen LogP contribution in [-0.2, 0) is 6.61 Å². The molecule has 0 aliphatic carbocycles. The van der Waals surface area contributed by atoms with Crippen molar-refractivity contribution in [3.05, 3.63) is 65.2 Å². The first-order valence-electron chi connectivity index (χ1n) is 5.74. The number of hydrogen-bond acceptors (Lipinski definition) is 2. The highest BCUT2D eigenvalue weighted by Crippen LogP contribution is 2.21. The number of ketones is 1. The van der Waals surface area contributed by atoms with Crippen molar-refractivity contribution >= 4 is 5.78 Å². The molecule has 19 heavy (non-hydrogen) atoms. The van der Waals surface area contributed by atoms with Crippen LogP contribution in [-0.4, -0.2) is 5.78 Å². The predicted octanol–water partition coefficient (Wildman–Crippen LogP) is 3.75. The fourth-order valence-electron chi connectivity index (χ4n) is 1.69. The van der Waals surface area contributed by atoms with Crippen LogP contribution < -0.4 is 4.74 Å². The molecule has 0 fully saturated rings. The number of benzene rings is 2. The van der Waals surface area contributed by atoms with Gasteiger partial charge in [0.05, 0.1) is 5.56 Å². The average molecular weight is 262 g/mol. The maximum Gasteiger partial charge on any atom is 0.163 e. The van der Waals surface area contributed by atoms with Crippen molar-refractivity contribution in [2.24, 2.45) is 0 Å². The number of halogens is 2. The second-order valence-electron chi connectivity index (χ2n) is 4.12. The topological polar surface area (TPSA) is 26.3 Å². The standard InChI is InChI=1S/C15H12F2O2/c1-10(18)14-8-13(17)5-6-15(14)19-9-11-3-2-4-12(16)7-11/h2-8H,9H2,1H3. The van der Waals surface area contributed by atoms with E-state index in [1.165, 1.54) is 31.2 Å². The highest BCUT2D eigenvalue weighted by atomic mass is 19.1. The quantitative estimate of drug-likeness (QED) is 0.784. The molecule has 0 radical (unpaired) electrons. The summed E-state index contributed by atoms with van der Waals surface area (Å²) in [6, 6.07) is 9.70. The van der Waals surface area contributed by atoms with Gasteiger partial charge in [0, 0.05) is 0 Å². The van der Waals surface area contributed by atoms with E-state index in [-0.39, 0.29) is 29.5 Å². The maximum atomic E-state index is 13.1. The van der Waals surface area contributed by atoms with Gasteiger partial charge in [0.1, 0.15) is 24.0 Å².